The molecule has 2 aromatic carbocycles. The smallest absolute Gasteiger partial charge is 0.242 e. The molecule has 0 saturated heterocycles. The normalized spacial score (nSPS) is 12.1. The fraction of sp³-hybridized carbons (Fsp3) is 0.417. The second kappa shape index (κ2) is 12.6. The van der Waals surface area contributed by atoms with Crippen molar-refractivity contribution in [3.8, 4) is 0 Å². The number of hydrogen-bond acceptors (Lipinski definition) is 4. The zero-order valence-corrected chi connectivity index (χ0v) is 20.9. The molecule has 0 spiro atoms. The Bertz CT molecular complexity index is 1010. The molecule has 1 atom stereocenters. The predicted molar refractivity (Wildman–Crippen MR) is 133 cm³/mol. The van der Waals surface area contributed by atoms with Crippen LogP contribution in [0, 0.1) is 0 Å². The fourth-order valence-corrected chi connectivity index (χ4v) is 4.45. The summed E-state index contributed by atoms with van der Waals surface area (Å²) in [7, 11) is -3.50. The average Bonchev–Trinajstić information content (AvgIpc) is 2.79. The highest BCUT2D eigenvalue weighted by Gasteiger charge is 2.26. The summed E-state index contributed by atoms with van der Waals surface area (Å²) in [6.07, 6.45) is 2.37. The Morgan fingerprint density at radius 1 is 1.06 bits per heavy atom. The zero-order chi connectivity index (χ0) is 24.4. The minimum absolute atomic E-state index is 0.109. The van der Waals surface area contributed by atoms with E-state index in [9.17, 15) is 18.0 Å². The number of hydrogen-bond donors (Lipinski definition) is 1. The molecule has 2 aromatic rings. The first kappa shape index (κ1) is 26.7. The van der Waals surface area contributed by atoms with Crippen molar-refractivity contribution in [3.05, 3.63) is 65.2 Å². The first-order valence-corrected chi connectivity index (χ1v) is 13.2. The van der Waals surface area contributed by atoms with Gasteiger partial charge >= 0.3 is 0 Å². The molecule has 0 fully saturated rings. The summed E-state index contributed by atoms with van der Waals surface area (Å²) >= 11 is 5.97. The van der Waals surface area contributed by atoms with Gasteiger partial charge in [-0.2, -0.15) is 0 Å². The van der Waals surface area contributed by atoms with Gasteiger partial charge in [0.05, 0.1) is 11.9 Å². The maximum Gasteiger partial charge on any atom is 0.242 e. The molecule has 0 bridgehead atoms. The van der Waals surface area contributed by atoms with E-state index in [-0.39, 0.29) is 31.3 Å². The Balaban J connectivity index is 2.12. The van der Waals surface area contributed by atoms with Crippen LogP contribution in [0.2, 0.25) is 5.02 Å². The van der Waals surface area contributed by atoms with Gasteiger partial charge in [-0.3, -0.25) is 13.9 Å². The summed E-state index contributed by atoms with van der Waals surface area (Å²) < 4.78 is 25.8. The van der Waals surface area contributed by atoms with Crippen LogP contribution in [0.1, 0.15) is 38.7 Å². The van der Waals surface area contributed by atoms with Gasteiger partial charge in [0.2, 0.25) is 21.8 Å². The number of carbonyl (C=O) groups excluding carboxylic acids is 2. The van der Waals surface area contributed by atoms with Gasteiger partial charge in [-0.15, -0.1) is 0 Å². The molecule has 0 aromatic heterocycles. The SMILES string of the molecule is CCCNC(=O)[C@@H](C)N(Cc1ccc(Cl)cc1)C(=O)CCCN(c1ccccc1)S(C)(=O)=O. The largest absolute Gasteiger partial charge is 0.354 e. The molecule has 0 aliphatic rings. The third-order valence-electron chi connectivity index (χ3n) is 5.18. The lowest BCUT2D eigenvalue weighted by molar-refractivity contribution is -0.140. The van der Waals surface area contributed by atoms with Crippen molar-refractivity contribution >= 4 is 39.1 Å². The first-order chi connectivity index (χ1) is 15.6. The zero-order valence-electron chi connectivity index (χ0n) is 19.3. The Morgan fingerprint density at radius 2 is 1.70 bits per heavy atom. The van der Waals surface area contributed by atoms with E-state index >= 15 is 0 Å². The number of anilines is 1. The van der Waals surface area contributed by atoms with Gasteiger partial charge in [-0.1, -0.05) is 48.9 Å². The fourth-order valence-electron chi connectivity index (χ4n) is 3.36. The summed E-state index contributed by atoms with van der Waals surface area (Å²) in [5.74, 6) is -0.438. The molecule has 0 unspecified atom stereocenters. The second-order valence-corrected chi connectivity index (χ2v) is 10.2. The van der Waals surface area contributed by atoms with E-state index in [1.54, 1.807) is 43.3 Å². The van der Waals surface area contributed by atoms with Gasteiger partial charge < -0.3 is 10.2 Å². The van der Waals surface area contributed by atoms with Crippen LogP contribution in [0.5, 0.6) is 0 Å². The lowest BCUT2D eigenvalue weighted by Crippen LogP contribution is -2.47. The van der Waals surface area contributed by atoms with Crippen molar-refractivity contribution < 1.29 is 18.0 Å². The molecule has 7 nitrogen and oxygen atoms in total. The predicted octanol–water partition coefficient (Wildman–Crippen LogP) is 3.83. The van der Waals surface area contributed by atoms with Gasteiger partial charge in [0.25, 0.3) is 0 Å². The van der Waals surface area contributed by atoms with Crippen molar-refractivity contribution in [2.45, 2.75) is 45.7 Å². The number of carbonyl (C=O) groups is 2. The molecule has 2 amide bonds. The highest BCUT2D eigenvalue weighted by atomic mass is 35.5. The van der Waals surface area contributed by atoms with Crippen molar-refractivity contribution in [1.82, 2.24) is 10.2 Å². The number of nitrogens with one attached hydrogen (secondary N) is 1. The average molecular weight is 494 g/mol. The van der Waals surface area contributed by atoms with Crippen LogP contribution < -0.4 is 9.62 Å². The molecule has 0 saturated carbocycles. The molecule has 0 radical (unpaired) electrons. The van der Waals surface area contributed by atoms with E-state index in [0.717, 1.165) is 18.2 Å². The van der Waals surface area contributed by atoms with Crippen LogP contribution in [0.3, 0.4) is 0 Å². The van der Waals surface area contributed by atoms with E-state index in [2.05, 4.69) is 5.32 Å². The molecule has 0 aliphatic heterocycles. The van der Waals surface area contributed by atoms with Crippen molar-refractivity contribution in [3.63, 3.8) is 0 Å². The van der Waals surface area contributed by atoms with Gasteiger partial charge in [0.15, 0.2) is 0 Å². The molecule has 1 N–H and O–H groups in total. The Labute approximate surface area is 201 Å². The molecule has 33 heavy (non-hydrogen) atoms. The Hall–Kier alpha value is -2.58. The van der Waals surface area contributed by atoms with Crippen molar-refractivity contribution in [1.29, 1.82) is 0 Å². The number of nitrogens with zero attached hydrogens (tertiary/aromatic N) is 2. The number of benzene rings is 2. The summed E-state index contributed by atoms with van der Waals surface area (Å²) in [5, 5.41) is 3.43. The van der Waals surface area contributed by atoms with Gasteiger partial charge in [0.1, 0.15) is 6.04 Å². The molecular formula is C24H32ClN3O4S. The maximum absolute atomic E-state index is 13.2. The van der Waals surface area contributed by atoms with E-state index in [1.807, 2.05) is 25.1 Å². The van der Waals surface area contributed by atoms with Gasteiger partial charge in [0, 0.05) is 31.1 Å². The monoisotopic (exact) mass is 493 g/mol. The molecule has 9 heteroatoms. The van der Waals surface area contributed by atoms with Crippen LogP contribution >= 0.6 is 11.6 Å². The third kappa shape index (κ3) is 8.37. The van der Waals surface area contributed by atoms with Crippen molar-refractivity contribution in [2.24, 2.45) is 0 Å². The van der Waals surface area contributed by atoms with Crippen LogP contribution in [0.25, 0.3) is 0 Å². The molecule has 0 heterocycles. The van der Waals surface area contributed by atoms with Gasteiger partial charge in [-0.05, 0) is 49.6 Å². The highest BCUT2D eigenvalue weighted by molar-refractivity contribution is 7.92. The quantitative estimate of drug-likeness (QED) is 0.486. The van der Waals surface area contributed by atoms with Crippen LogP contribution in [0.4, 0.5) is 5.69 Å². The molecule has 2 rings (SSSR count). The number of sulfonamides is 1. The lowest BCUT2D eigenvalue weighted by Gasteiger charge is -2.29. The number of rotatable bonds is 12. The first-order valence-electron chi connectivity index (χ1n) is 11.0. The summed E-state index contributed by atoms with van der Waals surface area (Å²) in [6.45, 7) is 4.62. The molecular weight excluding hydrogens is 462 g/mol. The summed E-state index contributed by atoms with van der Waals surface area (Å²) in [4.78, 5) is 27.3. The topological polar surface area (TPSA) is 86.8 Å². The second-order valence-electron chi connectivity index (χ2n) is 7.89. The minimum Gasteiger partial charge on any atom is -0.354 e. The Morgan fingerprint density at radius 3 is 2.27 bits per heavy atom. The highest BCUT2D eigenvalue weighted by Crippen LogP contribution is 2.19. The van der Waals surface area contributed by atoms with Crippen LogP contribution in [-0.2, 0) is 26.2 Å². The standard InChI is InChI=1S/C24H32ClN3O4S/c1-4-16-26-24(30)19(2)27(18-20-12-14-21(25)15-13-20)23(29)11-8-17-28(33(3,31)32)22-9-6-5-7-10-22/h5-7,9-10,12-15,19H,4,8,11,16-18H2,1-3H3,(H,26,30)/t19-/m1/s1. The third-order valence-corrected chi connectivity index (χ3v) is 6.63. The minimum atomic E-state index is -3.50. The van der Waals surface area contributed by atoms with Gasteiger partial charge in [-0.25, -0.2) is 8.42 Å². The lowest BCUT2D eigenvalue weighted by atomic mass is 10.1. The van der Waals surface area contributed by atoms with E-state index in [1.165, 1.54) is 9.21 Å². The summed E-state index contributed by atoms with van der Waals surface area (Å²) in [5.41, 5.74) is 1.41. The maximum atomic E-state index is 13.2. The summed E-state index contributed by atoms with van der Waals surface area (Å²) in [6, 6.07) is 15.2. The van der Waals surface area contributed by atoms with E-state index in [4.69, 9.17) is 11.6 Å². The number of halogens is 1. The number of amides is 2. The van der Waals surface area contributed by atoms with E-state index in [0.29, 0.717) is 23.7 Å². The molecule has 180 valence electrons. The molecule has 0 aliphatic carbocycles. The van der Waals surface area contributed by atoms with Crippen molar-refractivity contribution in [2.75, 3.05) is 23.7 Å². The van der Waals surface area contributed by atoms with Crippen LogP contribution in [-0.4, -0.2) is 50.5 Å². The number of para-hydroxylation sites is 1. The Kier molecular flexibility index (Phi) is 10.2. The van der Waals surface area contributed by atoms with Crippen LogP contribution in [0.15, 0.2) is 54.6 Å². The van der Waals surface area contributed by atoms with E-state index < -0.39 is 16.1 Å².